The molecule has 1 rings (SSSR count). The zero-order valence-electron chi connectivity index (χ0n) is 8.61. The molecule has 5 N–H and O–H groups in total. The third kappa shape index (κ3) is 4.33. The van der Waals surface area contributed by atoms with E-state index < -0.39 is 0 Å². The van der Waals surface area contributed by atoms with Gasteiger partial charge in [0.1, 0.15) is 0 Å². The zero-order chi connectivity index (χ0) is 12.8. The summed E-state index contributed by atoms with van der Waals surface area (Å²) in [5.74, 6) is 4.75. The number of benzene rings is 1. The van der Waals surface area contributed by atoms with Gasteiger partial charge in [0.15, 0.2) is 5.17 Å². The predicted octanol–water partition coefficient (Wildman–Crippen LogP) is 1.85. The summed E-state index contributed by atoms with van der Waals surface area (Å²) >= 11 is 12.7. The van der Waals surface area contributed by atoms with Crippen molar-refractivity contribution in [3.63, 3.8) is 0 Å². The summed E-state index contributed by atoms with van der Waals surface area (Å²) in [4.78, 5) is 11.5. The van der Waals surface area contributed by atoms with E-state index in [1.54, 1.807) is 18.2 Å². The largest absolute Gasteiger partial charge is 0.377 e. The van der Waals surface area contributed by atoms with E-state index in [2.05, 4.69) is 10.4 Å². The summed E-state index contributed by atoms with van der Waals surface area (Å²) in [5, 5.41) is 6.64. The van der Waals surface area contributed by atoms with Crippen LogP contribution in [0.25, 0.3) is 0 Å². The van der Waals surface area contributed by atoms with Crippen molar-refractivity contribution < 1.29 is 4.79 Å². The number of amides is 1. The second kappa shape index (κ2) is 6.58. The van der Waals surface area contributed by atoms with Crippen LogP contribution in [0.4, 0.5) is 5.69 Å². The second-order valence-electron chi connectivity index (χ2n) is 2.91. The Kier molecular flexibility index (Phi) is 5.40. The predicted molar refractivity (Wildman–Crippen MR) is 73.4 cm³/mol. The van der Waals surface area contributed by atoms with Gasteiger partial charge in [0.2, 0.25) is 5.91 Å². The smallest absolute Gasteiger partial charge is 0.234 e. The second-order valence-corrected chi connectivity index (χ2v) is 4.69. The van der Waals surface area contributed by atoms with E-state index in [9.17, 15) is 4.79 Å². The summed E-state index contributed by atoms with van der Waals surface area (Å²) in [6.07, 6.45) is 0. The number of nitrogens with zero attached hydrogens (tertiary/aromatic N) is 1. The molecule has 0 bridgehead atoms. The quantitative estimate of drug-likeness (QED) is 0.343. The highest BCUT2D eigenvalue weighted by Crippen LogP contribution is 2.29. The highest BCUT2D eigenvalue weighted by molar-refractivity contribution is 8.14. The molecule has 0 aliphatic rings. The average Bonchev–Trinajstić information content (AvgIpc) is 2.32. The number of hydrogen-bond donors (Lipinski definition) is 3. The molecule has 0 radical (unpaired) electrons. The van der Waals surface area contributed by atoms with Gasteiger partial charge < -0.3 is 16.9 Å². The minimum atomic E-state index is -0.272. The Balaban J connectivity index is 2.60. The van der Waals surface area contributed by atoms with Crippen molar-refractivity contribution >= 4 is 51.7 Å². The Morgan fingerprint density at radius 1 is 1.47 bits per heavy atom. The van der Waals surface area contributed by atoms with Crippen molar-refractivity contribution in [2.45, 2.75) is 0 Å². The number of anilines is 1. The molecule has 1 aromatic rings. The first kappa shape index (κ1) is 14.0. The first-order valence-electron chi connectivity index (χ1n) is 4.44. The minimum Gasteiger partial charge on any atom is -0.377 e. The lowest BCUT2D eigenvalue weighted by molar-refractivity contribution is -0.113. The minimum absolute atomic E-state index is 0.0926. The Hall–Kier alpha value is -1.11. The number of carbonyl (C=O) groups excluding carboxylic acids is 1. The topological polar surface area (TPSA) is 93.5 Å². The van der Waals surface area contributed by atoms with E-state index in [0.29, 0.717) is 15.7 Å². The fourth-order valence-electron chi connectivity index (χ4n) is 0.963. The SMILES string of the molecule is NN=C(N)SCC(=O)Nc1cccc(Cl)c1Cl. The molecule has 0 unspecified atom stereocenters. The fourth-order valence-corrected chi connectivity index (χ4v) is 1.74. The van der Waals surface area contributed by atoms with Crippen molar-refractivity contribution in [2.24, 2.45) is 16.7 Å². The average molecular weight is 293 g/mol. The molecular formula is C9H10Cl2N4OS. The summed E-state index contributed by atoms with van der Waals surface area (Å²) in [6, 6.07) is 4.97. The highest BCUT2D eigenvalue weighted by Gasteiger charge is 2.08. The summed E-state index contributed by atoms with van der Waals surface area (Å²) in [6.45, 7) is 0. The normalized spacial score (nSPS) is 11.3. The van der Waals surface area contributed by atoms with Crippen LogP contribution in [-0.4, -0.2) is 16.8 Å². The third-order valence-electron chi connectivity index (χ3n) is 1.70. The Morgan fingerprint density at radius 2 is 2.18 bits per heavy atom. The van der Waals surface area contributed by atoms with Gasteiger partial charge in [-0.15, -0.1) is 0 Å². The van der Waals surface area contributed by atoms with Crippen LogP contribution in [0.3, 0.4) is 0 Å². The van der Waals surface area contributed by atoms with Crippen molar-refractivity contribution in [1.29, 1.82) is 0 Å². The lowest BCUT2D eigenvalue weighted by Crippen LogP contribution is -2.18. The molecule has 0 aliphatic heterocycles. The molecule has 0 saturated heterocycles. The van der Waals surface area contributed by atoms with Crippen LogP contribution in [0.15, 0.2) is 23.3 Å². The number of halogens is 2. The molecule has 8 heteroatoms. The van der Waals surface area contributed by atoms with Gasteiger partial charge in [-0.05, 0) is 12.1 Å². The van der Waals surface area contributed by atoms with E-state index >= 15 is 0 Å². The fraction of sp³-hybridized carbons (Fsp3) is 0.111. The van der Waals surface area contributed by atoms with Gasteiger partial charge in [-0.25, -0.2) is 0 Å². The highest BCUT2D eigenvalue weighted by atomic mass is 35.5. The first-order chi connectivity index (χ1) is 8.04. The molecule has 0 saturated carbocycles. The number of thioether (sulfide) groups is 1. The van der Waals surface area contributed by atoms with Gasteiger partial charge in [-0.3, -0.25) is 4.79 Å². The Bertz CT molecular complexity index is 453. The monoisotopic (exact) mass is 292 g/mol. The number of amidine groups is 1. The van der Waals surface area contributed by atoms with E-state index in [4.69, 9.17) is 34.8 Å². The summed E-state index contributed by atoms with van der Waals surface area (Å²) in [7, 11) is 0. The number of hydrogen-bond acceptors (Lipinski definition) is 4. The zero-order valence-corrected chi connectivity index (χ0v) is 10.9. The van der Waals surface area contributed by atoms with E-state index in [0.717, 1.165) is 11.8 Å². The Labute approximate surface area is 113 Å². The summed E-state index contributed by atoms with van der Waals surface area (Å²) in [5.41, 5.74) is 5.78. The molecule has 1 aromatic carbocycles. The molecule has 0 fully saturated rings. The van der Waals surface area contributed by atoms with Crippen molar-refractivity contribution in [2.75, 3.05) is 11.1 Å². The van der Waals surface area contributed by atoms with Crippen molar-refractivity contribution in [3.05, 3.63) is 28.2 Å². The molecule has 0 aromatic heterocycles. The van der Waals surface area contributed by atoms with E-state index in [1.807, 2.05) is 0 Å². The van der Waals surface area contributed by atoms with Crippen molar-refractivity contribution in [1.82, 2.24) is 0 Å². The number of nitrogens with two attached hydrogens (primary N) is 2. The van der Waals surface area contributed by atoms with Crippen LogP contribution >= 0.6 is 35.0 Å². The number of hydrazone groups is 1. The molecule has 0 aliphatic carbocycles. The van der Waals surface area contributed by atoms with E-state index in [-0.39, 0.29) is 16.8 Å². The third-order valence-corrected chi connectivity index (χ3v) is 3.33. The lowest BCUT2D eigenvalue weighted by atomic mass is 10.3. The number of rotatable bonds is 3. The Morgan fingerprint density at radius 3 is 2.82 bits per heavy atom. The standard InChI is InChI=1S/C9H10Cl2N4OS/c10-5-2-1-3-6(8(5)11)14-7(16)4-17-9(12)15-13/h1-3H,4,13H2,(H2,12,15)(H,14,16). The van der Waals surface area contributed by atoms with Crippen LogP contribution in [0.5, 0.6) is 0 Å². The molecule has 0 spiro atoms. The summed E-state index contributed by atoms with van der Waals surface area (Å²) < 4.78 is 0. The van der Waals surface area contributed by atoms with Crippen LogP contribution in [-0.2, 0) is 4.79 Å². The molecule has 17 heavy (non-hydrogen) atoms. The van der Waals surface area contributed by atoms with Gasteiger partial charge >= 0.3 is 0 Å². The van der Waals surface area contributed by atoms with Crippen LogP contribution < -0.4 is 16.9 Å². The van der Waals surface area contributed by atoms with Crippen molar-refractivity contribution in [3.8, 4) is 0 Å². The first-order valence-corrected chi connectivity index (χ1v) is 6.18. The number of carbonyl (C=O) groups is 1. The maximum atomic E-state index is 11.5. The van der Waals surface area contributed by atoms with Gasteiger partial charge in [0.05, 0.1) is 21.5 Å². The number of nitrogens with one attached hydrogen (secondary N) is 1. The lowest BCUT2D eigenvalue weighted by Gasteiger charge is -2.07. The molecule has 5 nitrogen and oxygen atoms in total. The van der Waals surface area contributed by atoms with Crippen LogP contribution in [0.2, 0.25) is 10.0 Å². The molecule has 0 heterocycles. The van der Waals surface area contributed by atoms with Gasteiger partial charge in [0.25, 0.3) is 0 Å². The van der Waals surface area contributed by atoms with Crippen LogP contribution in [0, 0.1) is 0 Å². The maximum Gasteiger partial charge on any atom is 0.234 e. The maximum absolute atomic E-state index is 11.5. The van der Waals surface area contributed by atoms with Gasteiger partial charge in [0, 0.05) is 0 Å². The van der Waals surface area contributed by atoms with E-state index in [1.165, 1.54) is 0 Å². The molecule has 92 valence electrons. The molecule has 0 atom stereocenters. The van der Waals surface area contributed by atoms with Gasteiger partial charge in [-0.1, -0.05) is 41.0 Å². The van der Waals surface area contributed by atoms with Gasteiger partial charge in [-0.2, -0.15) is 5.10 Å². The molecular weight excluding hydrogens is 283 g/mol. The molecule has 1 amide bonds. The van der Waals surface area contributed by atoms with Crippen LogP contribution in [0.1, 0.15) is 0 Å².